The van der Waals surface area contributed by atoms with Gasteiger partial charge in [-0.25, -0.2) is 0 Å². The molecule has 1 aromatic rings. The number of ether oxygens (including phenoxy) is 1. The molecule has 3 aliphatic rings. The summed E-state index contributed by atoms with van der Waals surface area (Å²) in [6.07, 6.45) is 4.73. The van der Waals surface area contributed by atoms with Crippen molar-refractivity contribution in [2.24, 2.45) is 5.92 Å². The average Bonchev–Trinajstić information content (AvgIpc) is 3.13. The fourth-order valence-corrected chi connectivity index (χ4v) is 4.24. The highest BCUT2D eigenvalue weighted by Crippen LogP contribution is 2.37. The van der Waals surface area contributed by atoms with E-state index in [-0.39, 0.29) is 5.92 Å². The van der Waals surface area contributed by atoms with Gasteiger partial charge in [0.15, 0.2) is 0 Å². The first-order valence-corrected chi connectivity index (χ1v) is 7.81. The predicted molar refractivity (Wildman–Crippen MR) is 77.4 cm³/mol. The van der Waals surface area contributed by atoms with Gasteiger partial charge in [0.05, 0.1) is 6.61 Å². The van der Waals surface area contributed by atoms with Gasteiger partial charge in [-0.3, -0.25) is 4.79 Å². The highest BCUT2D eigenvalue weighted by molar-refractivity contribution is 6.30. The van der Waals surface area contributed by atoms with Gasteiger partial charge in [0, 0.05) is 41.4 Å². The van der Waals surface area contributed by atoms with E-state index in [0.717, 1.165) is 36.1 Å². The highest BCUT2D eigenvalue weighted by atomic mass is 35.5. The molecule has 0 saturated carbocycles. The Labute approximate surface area is 123 Å². The largest absolute Gasteiger partial charge is 0.493 e. The lowest BCUT2D eigenvalue weighted by atomic mass is 9.84. The molecular formula is C16H18ClNO2. The van der Waals surface area contributed by atoms with Crippen molar-refractivity contribution in [3.63, 3.8) is 0 Å². The number of fused-ring (bicyclic) bond motifs is 3. The molecule has 4 heteroatoms. The Kier molecular flexibility index (Phi) is 3.00. The van der Waals surface area contributed by atoms with Crippen molar-refractivity contribution < 1.29 is 9.53 Å². The van der Waals surface area contributed by atoms with Crippen molar-refractivity contribution in [2.45, 2.75) is 44.2 Å². The van der Waals surface area contributed by atoms with Crippen molar-refractivity contribution in [1.82, 2.24) is 5.32 Å². The summed E-state index contributed by atoms with van der Waals surface area (Å²) in [6.45, 7) is 0.701. The molecule has 1 N–H and O–H groups in total. The van der Waals surface area contributed by atoms with Crippen molar-refractivity contribution in [2.75, 3.05) is 6.61 Å². The monoisotopic (exact) mass is 291 g/mol. The molecule has 0 radical (unpaired) electrons. The zero-order valence-corrected chi connectivity index (χ0v) is 12.1. The number of rotatable bonds is 3. The van der Waals surface area contributed by atoms with Gasteiger partial charge in [0.25, 0.3) is 0 Å². The minimum Gasteiger partial charge on any atom is -0.493 e. The summed E-state index contributed by atoms with van der Waals surface area (Å²) in [6, 6.07) is 4.82. The molecule has 0 aliphatic carbocycles. The first kappa shape index (κ1) is 12.7. The summed E-state index contributed by atoms with van der Waals surface area (Å²) in [5.41, 5.74) is 2.11. The topological polar surface area (TPSA) is 38.3 Å². The van der Waals surface area contributed by atoms with E-state index in [1.807, 2.05) is 12.1 Å². The van der Waals surface area contributed by atoms with E-state index in [1.165, 1.54) is 6.42 Å². The fourth-order valence-electron chi connectivity index (χ4n) is 3.98. The molecule has 3 aliphatic heterocycles. The van der Waals surface area contributed by atoms with Crippen molar-refractivity contribution in [3.8, 4) is 5.75 Å². The first-order chi connectivity index (χ1) is 9.70. The smallest absolute Gasteiger partial charge is 0.142 e. The van der Waals surface area contributed by atoms with Crippen molar-refractivity contribution >= 4 is 17.4 Å². The SMILES string of the molecule is O=C(Cc1cc(Cl)cc2c1OCC2)C1CC2CCC1N2. The Balaban J connectivity index is 1.56. The van der Waals surface area contributed by atoms with Crippen LogP contribution in [0.1, 0.15) is 30.4 Å². The molecule has 4 rings (SSSR count). The van der Waals surface area contributed by atoms with Gasteiger partial charge < -0.3 is 10.1 Å². The van der Waals surface area contributed by atoms with Gasteiger partial charge in [0.1, 0.15) is 11.5 Å². The number of carbonyl (C=O) groups is 1. The second-order valence-electron chi connectivity index (χ2n) is 6.18. The summed E-state index contributed by atoms with van der Waals surface area (Å²) in [5, 5.41) is 4.24. The van der Waals surface area contributed by atoms with Gasteiger partial charge in [-0.1, -0.05) is 11.6 Å². The van der Waals surface area contributed by atoms with Gasteiger partial charge in [-0.05, 0) is 37.0 Å². The van der Waals surface area contributed by atoms with E-state index in [9.17, 15) is 4.79 Å². The molecule has 0 amide bonds. The van der Waals surface area contributed by atoms with Crippen LogP contribution in [0.25, 0.3) is 0 Å². The van der Waals surface area contributed by atoms with Crippen molar-refractivity contribution in [3.05, 3.63) is 28.3 Å². The van der Waals surface area contributed by atoms with E-state index < -0.39 is 0 Å². The number of halogens is 1. The van der Waals surface area contributed by atoms with Gasteiger partial charge in [-0.2, -0.15) is 0 Å². The van der Waals surface area contributed by atoms with Crippen LogP contribution in [-0.2, 0) is 17.6 Å². The summed E-state index contributed by atoms with van der Waals surface area (Å²) < 4.78 is 5.68. The van der Waals surface area contributed by atoms with Crippen LogP contribution in [0.5, 0.6) is 5.75 Å². The number of Topliss-reactive ketones (excluding diaryl/α,β-unsaturated/α-hetero) is 1. The molecule has 0 aromatic heterocycles. The maximum Gasteiger partial charge on any atom is 0.142 e. The molecule has 3 atom stereocenters. The first-order valence-electron chi connectivity index (χ1n) is 7.43. The number of benzene rings is 1. The number of ketones is 1. The lowest BCUT2D eigenvalue weighted by Crippen LogP contribution is -2.29. The minimum absolute atomic E-state index is 0.185. The maximum atomic E-state index is 12.6. The van der Waals surface area contributed by atoms with E-state index >= 15 is 0 Å². The van der Waals surface area contributed by atoms with Gasteiger partial charge >= 0.3 is 0 Å². The molecule has 0 spiro atoms. The van der Waals surface area contributed by atoms with Crippen molar-refractivity contribution in [1.29, 1.82) is 0 Å². The molecule has 2 fully saturated rings. The third-order valence-electron chi connectivity index (χ3n) is 4.90. The molecule has 3 heterocycles. The Bertz CT molecular complexity index is 572. The molecule has 3 unspecified atom stereocenters. The summed E-state index contributed by atoms with van der Waals surface area (Å²) in [4.78, 5) is 12.6. The second kappa shape index (κ2) is 4.74. The quantitative estimate of drug-likeness (QED) is 0.930. The van der Waals surface area contributed by atoms with Crippen LogP contribution in [-0.4, -0.2) is 24.5 Å². The van der Waals surface area contributed by atoms with Gasteiger partial charge in [0.2, 0.25) is 0 Å². The second-order valence-corrected chi connectivity index (χ2v) is 6.62. The Morgan fingerprint density at radius 2 is 2.30 bits per heavy atom. The molecular weight excluding hydrogens is 274 g/mol. The van der Waals surface area contributed by atoms with E-state index in [2.05, 4.69) is 5.32 Å². The zero-order valence-electron chi connectivity index (χ0n) is 11.3. The number of hydrogen-bond donors (Lipinski definition) is 1. The molecule has 2 bridgehead atoms. The maximum absolute atomic E-state index is 12.6. The van der Waals surface area contributed by atoms with Crippen LogP contribution in [0.15, 0.2) is 12.1 Å². The van der Waals surface area contributed by atoms with Crippen LogP contribution in [0, 0.1) is 5.92 Å². The standard InChI is InChI=1S/C16H18ClNO2/c17-11-5-9-3-4-20-16(9)10(6-11)7-15(19)13-8-12-1-2-14(13)18-12/h5-6,12-14,18H,1-4,7-8H2. The van der Waals surface area contributed by atoms with Crippen LogP contribution in [0.3, 0.4) is 0 Å². The number of carbonyl (C=O) groups excluding carboxylic acids is 1. The molecule has 2 saturated heterocycles. The van der Waals surface area contributed by atoms with Crippen LogP contribution >= 0.6 is 11.6 Å². The van der Waals surface area contributed by atoms with Crippen LogP contribution in [0.2, 0.25) is 5.02 Å². The third kappa shape index (κ3) is 2.04. The summed E-state index contributed by atoms with van der Waals surface area (Å²) in [5.74, 6) is 1.42. The van der Waals surface area contributed by atoms with E-state index in [0.29, 0.717) is 35.9 Å². The summed E-state index contributed by atoms with van der Waals surface area (Å²) >= 11 is 6.16. The van der Waals surface area contributed by atoms with E-state index in [1.54, 1.807) is 0 Å². The average molecular weight is 292 g/mol. The predicted octanol–water partition coefficient (Wildman–Crippen LogP) is 2.53. The Hall–Kier alpha value is -1.06. The summed E-state index contributed by atoms with van der Waals surface area (Å²) in [7, 11) is 0. The Morgan fingerprint density at radius 3 is 3.05 bits per heavy atom. The molecule has 106 valence electrons. The molecule has 20 heavy (non-hydrogen) atoms. The lowest BCUT2D eigenvalue weighted by Gasteiger charge is -2.19. The van der Waals surface area contributed by atoms with Crippen LogP contribution < -0.4 is 10.1 Å². The molecule has 3 nitrogen and oxygen atoms in total. The number of nitrogens with one attached hydrogen (secondary N) is 1. The lowest BCUT2D eigenvalue weighted by molar-refractivity contribution is -0.122. The van der Waals surface area contributed by atoms with Gasteiger partial charge in [-0.15, -0.1) is 0 Å². The third-order valence-corrected chi connectivity index (χ3v) is 5.12. The van der Waals surface area contributed by atoms with E-state index in [4.69, 9.17) is 16.3 Å². The minimum atomic E-state index is 0.185. The normalized spacial score (nSPS) is 30.4. The Morgan fingerprint density at radius 1 is 1.40 bits per heavy atom. The number of hydrogen-bond acceptors (Lipinski definition) is 3. The highest BCUT2D eigenvalue weighted by Gasteiger charge is 2.42. The fraction of sp³-hybridized carbons (Fsp3) is 0.562. The zero-order chi connectivity index (χ0) is 13.7. The molecule has 1 aromatic carbocycles. The van der Waals surface area contributed by atoms with Crippen LogP contribution in [0.4, 0.5) is 0 Å².